The summed E-state index contributed by atoms with van der Waals surface area (Å²) < 4.78 is 40.9. The Morgan fingerprint density at radius 2 is 1.64 bits per heavy atom. The number of alkyl halides is 3. The lowest BCUT2D eigenvalue weighted by molar-refractivity contribution is -0.274. The lowest BCUT2D eigenvalue weighted by Gasteiger charge is -2.16. The van der Waals surface area contributed by atoms with Crippen LogP contribution >= 0.6 is 0 Å². The van der Waals surface area contributed by atoms with Crippen molar-refractivity contribution in [2.24, 2.45) is 5.92 Å². The monoisotopic (exact) mass is 394 g/mol. The number of rotatable bonds is 5. The van der Waals surface area contributed by atoms with E-state index in [4.69, 9.17) is 0 Å². The molecule has 0 unspecified atom stereocenters. The van der Waals surface area contributed by atoms with Gasteiger partial charge in [-0.25, -0.2) is 0 Å². The Morgan fingerprint density at radius 3 is 2.21 bits per heavy atom. The molecule has 2 N–H and O–H groups in total. The molecule has 0 aliphatic rings. The molecule has 0 fully saturated rings. The third kappa shape index (κ3) is 5.48. The van der Waals surface area contributed by atoms with E-state index in [0.29, 0.717) is 22.5 Å². The Morgan fingerprint density at radius 1 is 0.964 bits per heavy atom. The van der Waals surface area contributed by atoms with Gasteiger partial charge in [0.05, 0.1) is 11.3 Å². The van der Waals surface area contributed by atoms with Crippen molar-refractivity contribution in [1.29, 1.82) is 0 Å². The van der Waals surface area contributed by atoms with Crippen LogP contribution in [0.2, 0.25) is 0 Å². The van der Waals surface area contributed by atoms with Gasteiger partial charge in [-0.1, -0.05) is 26.0 Å². The van der Waals surface area contributed by atoms with Crippen LogP contribution in [-0.2, 0) is 4.79 Å². The van der Waals surface area contributed by atoms with E-state index in [-0.39, 0.29) is 23.1 Å². The Balaban J connectivity index is 2.27. The predicted molar refractivity (Wildman–Crippen MR) is 100 cm³/mol. The summed E-state index contributed by atoms with van der Waals surface area (Å²) in [6, 6.07) is 8.70. The van der Waals surface area contributed by atoms with Gasteiger partial charge in [0.2, 0.25) is 5.91 Å². The van der Waals surface area contributed by atoms with Crippen LogP contribution in [0.1, 0.15) is 35.3 Å². The number of anilines is 2. The molecule has 0 atom stereocenters. The Bertz CT molecular complexity index is 893. The van der Waals surface area contributed by atoms with Crippen molar-refractivity contribution in [3.63, 3.8) is 0 Å². The van der Waals surface area contributed by atoms with E-state index in [1.807, 2.05) is 0 Å². The summed E-state index contributed by atoms with van der Waals surface area (Å²) in [5.41, 5.74) is 2.03. The number of benzene rings is 2. The van der Waals surface area contributed by atoms with E-state index in [0.717, 1.165) is 6.07 Å². The van der Waals surface area contributed by atoms with Gasteiger partial charge in [-0.15, -0.1) is 13.2 Å². The van der Waals surface area contributed by atoms with Crippen LogP contribution in [0.5, 0.6) is 5.75 Å². The van der Waals surface area contributed by atoms with Gasteiger partial charge in [0.1, 0.15) is 5.75 Å². The SMILES string of the molecule is Cc1cc(OC(F)(F)F)ccc1NC(=O)c1c(C)cccc1NC(=O)C(C)C. The number of amides is 2. The van der Waals surface area contributed by atoms with Crippen LogP contribution in [0.4, 0.5) is 24.5 Å². The molecule has 0 bridgehead atoms. The Kier molecular flexibility index (Phi) is 6.33. The molecule has 2 aromatic rings. The minimum absolute atomic E-state index is 0.232. The highest BCUT2D eigenvalue weighted by molar-refractivity contribution is 6.11. The molecule has 150 valence electrons. The molecule has 0 aliphatic heterocycles. The quantitative estimate of drug-likeness (QED) is 0.746. The molecule has 0 saturated carbocycles. The molecule has 2 rings (SSSR count). The molecule has 5 nitrogen and oxygen atoms in total. The van der Waals surface area contributed by atoms with E-state index >= 15 is 0 Å². The predicted octanol–water partition coefficient (Wildman–Crippen LogP) is 5.05. The summed E-state index contributed by atoms with van der Waals surface area (Å²) >= 11 is 0. The second-order valence-corrected chi connectivity index (χ2v) is 6.62. The highest BCUT2D eigenvalue weighted by Crippen LogP contribution is 2.28. The maximum atomic E-state index is 12.8. The average Bonchev–Trinajstić information content (AvgIpc) is 2.55. The fourth-order valence-corrected chi connectivity index (χ4v) is 2.51. The molecule has 0 heterocycles. The second-order valence-electron chi connectivity index (χ2n) is 6.62. The van der Waals surface area contributed by atoms with Crippen LogP contribution < -0.4 is 15.4 Å². The number of nitrogens with one attached hydrogen (secondary N) is 2. The summed E-state index contributed by atoms with van der Waals surface area (Å²) in [7, 11) is 0. The van der Waals surface area contributed by atoms with E-state index in [9.17, 15) is 22.8 Å². The van der Waals surface area contributed by atoms with Crippen LogP contribution in [-0.4, -0.2) is 18.2 Å². The minimum Gasteiger partial charge on any atom is -0.406 e. The van der Waals surface area contributed by atoms with Gasteiger partial charge in [-0.3, -0.25) is 9.59 Å². The first kappa shape index (κ1) is 21.3. The summed E-state index contributed by atoms with van der Waals surface area (Å²) in [6.07, 6.45) is -4.79. The van der Waals surface area contributed by atoms with Crippen molar-refractivity contribution < 1.29 is 27.5 Å². The zero-order valence-corrected chi connectivity index (χ0v) is 15.9. The van der Waals surface area contributed by atoms with Gasteiger partial charge in [0.15, 0.2) is 0 Å². The summed E-state index contributed by atoms with van der Waals surface area (Å²) in [5, 5.41) is 5.40. The third-order valence-electron chi connectivity index (χ3n) is 3.96. The highest BCUT2D eigenvalue weighted by Gasteiger charge is 2.31. The topological polar surface area (TPSA) is 67.4 Å². The van der Waals surface area contributed by atoms with Crippen molar-refractivity contribution in [3.05, 3.63) is 53.1 Å². The number of hydrogen-bond donors (Lipinski definition) is 2. The molecule has 0 spiro atoms. The molecule has 8 heteroatoms. The molecule has 28 heavy (non-hydrogen) atoms. The lowest BCUT2D eigenvalue weighted by Crippen LogP contribution is -2.22. The number of carbonyl (C=O) groups excluding carboxylic acids is 2. The first-order valence-electron chi connectivity index (χ1n) is 8.56. The summed E-state index contributed by atoms with van der Waals surface area (Å²) in [4.78, 5) is 24.8. The van der Waals surface area contributed by atoms with Gasteiger partial charge in [0, 0.05) is 11.6 Å². The molecule has 0 saturated heterocycles. The van der Waals surface area contributed by atoms with Crippen molar-refractivity contribution in [2.45, 2.75) is 34.1 Å². The second kappa shape index (κ2) is 8.33. The standard InChI is InChI=1S/C20H21F3N2O3/c1-11(2)18(26)25-16-7-5-6-12(3)17(16)19(27)24-15-9-8-14(10-13(15)4)28-20(21,22)23/h5-11H,1-4H3,(H,24,27)(H,25,26). The normalized spacial score (nSPS) is 11.3. The number of aryl methyl sites for hydroxylation is 2. The number of carbonyl (C=O) groups is 2. The Hall–Kier alpha value is -3.03. The number of hydrogen-bond acceptors (Lipinski definition) is 3. The van der Waals surface area contributed by atoms with Gasteiger partial charge < -0.3 is 15.4 Å². The molecular formula is C20H21F3N2O3. The third-order valence-corrected chi connectivity index (χ3v) is 3.96. The Labute approximate surface area is 160 Å². The fraction of sp³-hybridized carbons (Fsp3) is 0.300. The number of ether oxygens (including phenoxy) is 1. The van der Waals surface area contributed by atoms with Crippen LogP contribution in [0, 0.1) is 19.8 Å². The number of halogens is 3. The van der Waals surface area contributed by atoms with Gasteiger partial charge in [-0.05, 0) is 49.2 Å². The van der Waals surface area contributed by atoms with E-state index in [1.165, 1.54) is 12.1 Å². The van der Waals surface area contributed by atoms with Crippen LogP contribution in [0.15, 0.2) is 36.4 Å². The van der Waals surface area contributed by atoms with Crippen molar-refractivity contribution in [1.82, 2.24) is 0 Å². The lowest BCUT2D eigenvalue weighted by atomic mass is 10.0. The maximum Gasteiger partial charge on any atom is 0.573 e. The summed E-state index contributed by atoms with van der Waals surface area (Å²) in [5.74, 6) is -1.35. The first-order chi connectivity index (χ1) is 13.0. The zero-order chi connectivity index (χ0) is 21.1. The van der Waals surface area contributed by atoms with Crippen LogP contribution in [0.25, 0.3) is 0 Å². The zero-order valence-electron chi connectivity index (χ0n) is 15.9. The van der Waals surface area contributed by atoms with Crippen LogP contribution in [0.3, 0.4) is 0 Å². The van der Waals surface area contributed by atoms with E-state index < -0.39 is 12.3 Å². The average molecular weight is 394 g/mol. The van der Waals surface area contributed by atoms with Gasteiger partial charge >= 0.3 is 6.36 Å². The van der Waals surface area contributed by atoms with Crippen molar-refractivity contribution in [2.75, 3.05) is 10.6 Å². The largest absolute Gasteiger partial charge is 0.573 e. The van der Waals surface area contributed by atoms with Crippen molar-refractivity contribution >= 4 is 23.2 Å². The smallest absolute Gasteiger partial charge is 0.406 e. The molecular weight excluding hydrogens is 373 g/mol. The van der Waals surface area contributed by atoms with E-state index in [1.54, 1.807) is 45.9 Å². The molecule has 0 aliphatic carbocycles. The van der Waals surface area contributed by atoms with Gasteiger partial charge in [0.25, 0.3) is 5.91 Å². The highest BCUT2D eigenvalue weighted by atomic mass is 19.4. The maximum absolute atomic E-state index is 12.8. The molecule has 2 amide bonds. The minimum atomic E-state index is -4.79. The van der Waals surface area contributed by atoms with Gasteiger partial charge in [-0.2, -0.15) is 0 Å². The fourth-order valence-electron chi connectivity index (χ4n) is 2.51. The van der Waals surface area contributed by atoms with E-state index in [2.05, 4.69) is 15.4 Å². The molecule has 2 aromatic carbocycles. The summed E-state index contributed by atoms with van der Waals surface area (Å²) in [6.45, 7) is 6.75. The molecule has 0 radical (unpaired) electrons. The van der Waals surface area contributed by atoms with Crippen molar-refractivity contribution in [3.8, 4) is 5.75 Å². The molecule has 0 aromatic heterocycles. The first-order valence-corrected chi connectivity index (χ1v) is 8.56.